The van der Waals surface area contributed by atoms with Crippen LogP contribution in [0, 0.1) is 0 Å². The predicted molar refractivity (Wildman–Crippen MR) is 98.4 cm³/mol. The van der Waals surface area contributed by atoms with Crippen LogP contribution in [0.1, 0.15) is 11.1 Å². The fraction of sp³-hybridized carbons (Fsp3) is 0.222. The first kappa shape index (κ1) is 15.0. The summed E-state index contributed by atoms with van der Waals surface area (Å²) in [5.41, 5.74) is 10.9. The minimum atomic E-state index is 0.0211. The van der Waals surface area contributed by atoms with Crippen molar-refractivity contribution in [2.75, 3.05) is 30.9 Å². The summed E-state index contributed by atoms with van der Waals surface area (Å²) < 4.78 is 0. The standard InChI is InChI=1S/C18H21N3S/c1-20(2)15-9-6-13(7-10-15)4-5-14-8-11-16-17(12-14)22-18(19)21(16)3/h4-12,18H,19H2,1-3H3/b5-4+. The van der Waals surface area contributed by atoms with Gasteiger partial charge >= 0.3 is 0 Å². The van der Waals surface area contributed by atoms with Crippen molar-refractivity contribution in [2.24, 2.45) is 5.73 Å². The third kappa shape index (κ3) is 2.98. The summed E-state index contributed by atoms with van der Waals surface area (Å²) in [5.74, 6) is 0. The minimum Gasteiger partial charge on any atom is -0.378 e. The lowest BCUT2D eigenvalue weighted by molar-refractivity contribution is 0.887. The average Bonchev–Trinajstić information content (AvgIpc) is 2.80. The van der Waals surface area contributed by atoms with Crippen molar-refractivity contribution in [3.63, 3.8) is 0 Å². The molecule has 0 saturated heterocycles. The van der Waals surface area contributed by atoms with Crippen molar-refractivity contribution in [1.29, 1.82) is 0 Å². The summed E-state index contributed by atoms with van der Waals surface area (Å²) in [7, 11) is 6.13. The molecule has 0 aromatic heterocycles. The molecule has 0 spiro atoms. The zero-order chi connectivity index (χ0) is 15.7. The Hall–Kier alpha value is -1.91. The van der Waals surface area contributed by atoms with E-state index in [0.29, 0.717) is 0 Å². The number of rotatable bonds is 3. The van der Waals surface area contributed by atoms with E-state index < -0.39 is 0 Å². The van der Waals surface area contributed by atoms with Crippen LogP contribution in [0.4, 0.5) is 11.4 Å². The SMILES string of the molecule is CN(C)c1ccc(/C=C/c2ccc3c(c2)SC(N)N3C)cc1. The predicted octanol–water partition coefficient (Wildman–Crippen LogP) is 3.71. The molecule has 2 aromatic rings. The number of benzene rings is 2. The van der Waals surface area contributed by atoms with Crippen LogP contribution in [-0.2, 0) is 0 Å². The molecule has 0 radical (unpaired) electrons. The highest BCUT2D eigenvalue weighted by Crippen LogP contribution is 2.40. The van der Waals surface area contributed by atoms with Gasteiger partial charge in [-0.15, -0.1) is 0 Å². The van der Waals surface area contributed by atoms with Gasteiger partial charge in [0, 0.05) is 31.7 Å². The van der Waals surface area contributed by atoms with Gasteiger partial charge in [-0.3, -0.25) is 0 Å². The number of thioether (sulfide) groups is 1. The second kappa shape index (κ2) is 6.07. The second-order valence-corrected chi connectivity index (χ2v) is 6.82. The molecule has 3 nitrogen and oxygen atoms in total. The Balaban J connectivity index is 1.77. The average molecular weight is 311 g/mol. The van der Waals surface area contributed by atoms with E-state index in [-0.39, 0.29) is 5.50 Å². The molecule has 2 N–H and O–H groups in total. The fourth-order valence-corrected chi connectivity index (χ4v) is 3.51. The Morgan fingerprint density at radius 1 is 1.05 bits per heavy atom. The number of anilines is 2. The van der Waals surface area contributed by atoms with E-state index in [1.807, 2.05) is 7.05 Å². The first-order valence-electron chi connectivity index (χ1n) is 7.29. The maximum atomic E-state index is 6.05. The molecule has 3 rings (SSSR count). The van der Waals surface area contributed by atoms with Gasteiger partial charge in [-0.25, -0.2) is 0 Å². The van der Waals surface area contributed by atoms with Crippen LogP contribution >= 0.6 is 11.8 Å². The highest BCUT2D eigenvalue weighted by Gasteiger charge is 2.23. The monoisotopic (exact) mass is 311 g/mol. The summed E-state index contributed by atoms with van der Waals surface area (Å²) in [4.78, 5) is 5.46. The van der Waals surface area contributed by atoms with Crippen molar-refractivity contribution in [3.05, 3.63) is 53.6 Å². The summed E-state index contributed by atoms with van der Waals surface area (Å²) >= 11 is 1.70. The van der Waals surface area contributed by atoms with E-state index in [2.05, 4.69) is 78.5 Å². The quantitative estimate of drug-likeness (QED) is 0.876. The smallest absolute Gasteiger partial charge is 0.130 e. The Morgan fingerprint density at radius 3 is 2.36 bits per heavy atom. The Morgan fingerprint density at radius 2 is 1.68 bits per heavy atom. The van der Waals surface area contributed by atoms with Gasteiger partial charge in [0.05, 0.1) is 5.69 Å². The molecule has 1 unspecified atom stereocenters. The first-order chi connectivity index (χ1) is 10.5. The normalized spacial score (nSPS) is 17.1. The van der Waals surface area contributed by atoms with Gasteiger partial charge in [0.25, 0.3) is 0 Å². The molecule has 0 fully saturated rings. The van der Waals surface area contributed by atoms with Crippen LogP contribution in [-0.4, -0.2) is 26.6 Å². The summed E-state index contributed by atoms with van der Waals surface area (Å²) in [6.07, 6.45) is 4.29. The van der Waals surface area contributed by atoms with E-state index >= 15 is 0 Å². The Bertz CT molecular complexity index is 692. The third-order valence-electron chi connectivity index (χ3n) is 3.87. The highest BCUT2D eigenvalue weighted by atomic mass is 32.2. The van der Waals surface area contributed by atoms with Crippen LogP contribution in [0.25, 0.3) is 12.2 Å². The Kier molecular flexibility index (Phi) is 4.14. The van der Waals surface area contributed by atoms with E-state index in [1.165, 1.54) is 27.4 Å². The van der Waals surface area contributed by atoms with Crippen molar-refractivity contribution in [2.45, 2.75) is 10.4 Å². The molecule has 2 aromatic carbocycles. The molecule has 22 heavy (non-hydrogen) atoms. The zero-order valence-electron chi connectivity index (χ0n) is 13.2. The van der Waals surface area contributed by atoms with E-state index in [1.54, 1.807) is 11.8 Å². The van der Waals surface area contributed by atoms with Crippen LogP contribution in [0.15, 0.2) is 47.4 Å². The molecule has 0 saturated carbocycles. The minimum absolute atomic E-state index is 0.0211. The highest BCUT2D eigenvalue weighted by molar-refractivity contribution is 8.00. The first-order valence-corrected chi connectivity index (χ1v) is 8.17. The van der Waals surface area contributed by atoms with Crippen molar-refractivity contribution in [1.82, 2.24) is 0 Å². The fourth-order valence-electron chi connectivity index (χ4n) is 2.44. The summed E-state index contributed by atoms with van der Waals surface area (Å²) in [6, 6.07) is 15.0. The largest absolute Gasteiger partial charge is 0.378 e. The molecule has 0 aliphatic carbocycles. The van der Waals surface area contributed by atoms with Crippen molar-refractivity contribution in [3.8, 4) is 0 Å². The lowest BCUT2D eigenvalue weighted by Crippen LogP contribution is -2.32. The van der Waals surface area contributed by atoms with Gasteiger partial charge in [0.2, 0.25) is 0 Å². The summed E-state index contributed by atoms with van der Waals surface area (Å²) in [6.45, 7) is 0. The van der Waals surface area contributed by atoms with E-state index in [0.717, 1.165) is 0 Å². The maximum Gasteiger partial charge on any atom is 0.130 e. The lowest BCUT2D eigenvalue weighted by atomic mass is 10.1. The Labute approximate surface area is 136 Å². The van der Waals surface area contributed by atoms with Crippen LogP contribution < -0.4 is 15.5 Å². The zero-order valence-corrected chi connectivity index (χ0v) is 14.0. The van der Waals surface area contributed by atoms with Gasteiger partial charge in [-0.2, -0.15) is 0 Å². The molecule has 4 heteroatoms. The van der Waals surface area contributed by atoms with Gasteiger partial charge in [0.15, 0.2) is 0 Å². The number of nitrogens with zero attached hydrogens (tertiary/aromatic N) is 2. The molecular weight excluding hydrogens is 290 g/mol. The molecule has 0 amide bonds. The van der Waals surface area contributed by atoms with Crippen LogP contribution in [0.5, 0.6) is 0 Å². The van der Waals surface area contributed by atoms with Crippen LogP contribution in [0.2, 0.25) is 0 Å². The molecule has 0 bridgehead atoms. The molecular formula is C18H21N3S. The van der Waals surface area contributed by atoms with Crippen molar-refractivity contribution < 1.29 is 0 Å². The van der Waals surface area contributed by atoms with Gasteiger partial charge in [-0.05, 0) is 35.4 Å². The lowest BCUT2D eigenvalue weighted by Gasteiger charge is -2.16. The third-order valence-corrected chi connectivity index (χ3v) is 5.01. The van der Waals surface area contributed by atoms with E-state index in [4.69, 9.17) is 5.73 Å². The molecule has 114 valence electrons. The van der Waals surface area contributed by atoms with Gasteiger partial charge in [-0.1, -0.05) is 42.1 Å². The summed E-state index contributed by atoms with van der Waals surface area (Å²) in [5, 5.41) is 0. The van der Waals surface area contributed by atoms with Gasteiger partial charge < -0.3 is 15.5 Å². The van der Waals surface area contributed by atoms with Crippen LogP contribution in [0.3, 0.4) is 0 Å². The number of hydrogen-bond acceptors (Lipinski definition) is 4. The molecule has 1 atom stereocenters. The van der Waals surface area contributed by atoms with Crippen molar-refractivity contribution >= 4 is 35.3 Å². The van der Waals surface area contributed by atoms with E-state index in [9.17, 15) is 0 Å². The molecule has 1 aliphatic heterocycles. The number of hydrogen-bond donors (Lipinski definition) is 1. The number of fused-ring (bicyclic) bond motifs is 1. The maximum absolute atomic E-state index is 6.05. The molecule has 1 aliphatic rings. The van der Waals surface area contributed by atoms with Gasteiger partial charge in [0.1, 0.15) is 5.50 Å². The topological polar surface area (TPSA) is 32.5 Å². The molecule has 1 heterocycles. The second-order valence-electron chi connectivity index (χ2n) is 5.67. The number of nitrogens with two attached hydrogens (primary N) is 1.